The molecule has 2 N–H and O–H groups in total. The first-order valence-electron chi connectivity index (χ1n) is 8.46. The quantitative estimate of drug-likeness (QED) is 0.320. The summed E-state index contributed by atoms with van der Waals surface area (Å²) < 4.78 is 0. The summed E-state index contributed by atoms with van der Waals surface area (Å²) in [6.45, 7) is 4.90. The third-order valence-corrected chi connectivity index (χ3v) is 4.13. The summed E-state index contributed by atoms with van der Waals surface area (Å²) in [5.74, 6) is -0.0625. The van der Waals surface area contributed by atoms with Crippen LogP contribution < -0.4 is 5.32 Å². The van der Waals surface area contributed by atoms with E-state index >= 15 is 0 Å². The molecule has 1 atom stereocenters. The van der Waals surface area contributed by atoms with E-state index in [-0.39, 0.29) is 37.7 Å². The van der Waals surface area contributed by atoms with Gasteiger partial charge in [-0.15, -0.1) is 29.8 Å². The van der Waals surface area contributed by atoms with Crippen molar-refractivity contribution in [2.24, 2.45) is 4.99 Å². The Bertz CT molecular complexity index is 941. The van der Waals surface area contributed by atoms with E-state index in [4.69, 9.17) is 5.11 Å². The van der Waals surface area contributed by atoms with E-state index in [2.05, 4.69) is 46.7 Å². The van der Waals surface area contributed by atoms with Crippen molar-refractivity contribution in [3.05, 3.63) is 83.4 Å². The van der Waals surface area contributed by atoms with Crippen LogP contribution in [0.4, 0.5) is 0 Å². The van der Waals surface area contributed by atoms with Crippen molar-refractivity contribution < 1.29 is 30.0 Å². The summed E-state index contributed by atoms with van der Waals surface area (Å²) in [6, 6.07) is 18.2. The summed E-state index contributed by atoms with van der Waals surface area (Å²) in [5.41, 5.74) is 7.08. The van der Waals surface area contributed by atoms with Gasteiger partial charge in [-0.3, -0.25) is 4.79 Å². The largest absolute Gasteiger partial charge is 0.512 e. The van der Waals surface area contributed by atoms with E-state index in [1.807, 2.05) is 25.3 Å². The zero-order chi connectivity index (χ0) is 18.7. The van der Waals surface area contributed by atoms with Gasteiger partial charge in [0.25, 0.3) is 0 Å². The van der Waals surface area contributed by atoms with Crippen molar-refractivity contribution in [1.29, 1.82) is 0 Å². The van der Waals surface area contributed by atoms with Gasteiger partial charge in [0.15, 0.2) is 5.78 Å². The second-order valence-corrected chi connectivity index (χ2v) is 6.35. The zero-order valence-electron chi connectivity index (χ0n) is 15.4. The molecule has 0 bridgehead atoms. The number of aliphatic imine (C=N–C) groups is 1. The van der Waals surface area contributed by atoms with E-state index in [1.54, 1.807) is 0 Å². The molecule has 141 valence electrons. The number of fused-ring (bicyclic) bond motifs is 6. The van der Waals surface area contributed by atoms with Crippen molar-refractivity contribution in [1.82, 2.24) is 5.32 Å². The van der Waals surface area contributed by atoms with Gasteiger partial charge in [-0.25, -0.2) is 0 Å². The number of rotatable bonds is 1. The molecule has 4 nitrogen and oxygen atoms in total. The number of nitrogens with zero attached hydrogens (tertiary/aromatic N) is 1. The van der Waals surface area contributed by atoms with Gasteiger partial charge in [-0.2, -0.15) is 0 Å². The number of allylic oxidation sites excluding steroid dienone is 3. The number of benzene rings is 2. The Labute approximate surface area is 173 Å². The summed E-state index contributed by atoms with van der Waals surface area (Å²) in [6.07, 6.45) is 3.06. The molecule has 0 amide bonds. The fourth-order valence-electron chi connectivity index (χ4n) is 3.17. The van der Waals surface area contributed by atoms with Gasteiger partial charge < -0.3 is 15.4 Å². The van der Waals surface area contributed by atoms with Crippen LogP contribution in [0.5, 0.6) is 0 Å². The average Bonchev–Trinajstić information content (AvgIpc) is 2.61. The molecule has 2 aromatic carbocycles. The molecule has 2 aliphatic rings. The molecule has 0 saturated carbocycles. The van der Waals surface area contributed by atoms with Crippen molar-refractivity contribution in [3.8, 4) is 11.1 Å². The predicted octanol–water partition coefficient (Wildman–Crippen LogP) is 4.50. The normalized spacial score (nSPS) is 16.6. The van der Waals surface area contributed by atoms with Crippen LogP contribution in [-0.4, -0.2) is 16.6 Å². The molecule has 4 rings (SSSR count). The van der Waals surface area contributed by atoms with Gasteiger partial charge in [0.2, 0.25) is 0 Å². The SMILES string of the molecule is CC(=O)/C=C(/C)O.CC1=CN=C2c3[c-]cccc3-c3ccccc3C2N1.[Ir]. The van der Waals surface area contributed by atoms with Crippen LogP contribution in [0.2, 0.25) is 0 Å². The molecule has 0 fully saturated rings. The summed E-state index contributed by atoms with van der Waals surface area (Å²) in [5, 5.41) is 11.9. The van der Waals surface area contributed by atoms with Crippen LogP contribution >= 0.6 is 0 Å². The Kier molecular flexibility index (Phi) is 6.89. The first kappa shape index (κ1) is 20.8. The molecular weight excluding hydrogens is 516 g/mol. The third kappa shape index (κ3) is 4.62. The molecule has 27 heavy (non-hydrogen) atoms. The van der Waals surface area contributed by atoms with E-state index in [0.29, 0.717) is 0 Å². The average molecular weight is 538 g/mol. The fraction of sp³-hybridized carbons (Fsp3) is 0.182. The van der Waals surface area contributed by atoms with Crippen LogP contribution in [0, 0.1) is 6.07 Å². The van der Waals surface area contributed by atoms with Crippen molar-refractivity contribution in [3.63, 3.8) is 0 Å². The molecule has 1 aliphatic heterocycles. The monoisotopic (exact) mass is 538 g/mol. The number of hydrogen-bond donors (Lipinski definition) is 2. The van der Waals surface area contributed by atoms with Crippen molar-refractivity contribution in [2.45, 2.75) is 26.8 Å². The predicted molar refractivity (Wildman–Crippen MR) is 104 cm³/mol. The van der Waals surface area contributed by atoms with Gasteiger partial charge in [0, 0.05) is 38.1 Å². The number of carbonyl (C=O) groups is 1. The molecule has 0 aromatic heterocycles. The van der Waals surface area contributed by atoms with Crippen molar-refractivity contribution in [2.75, 3.05) is 0 Å². The van der Waals surface area contributed by atoms with E-state index < -0.39 is 0 Å². The smallest absolute Gasteiger partial charge is 0.155 e. The first-order chi connectivity index (χ1) is 12.5. The summed E-state index contributed by atoms with van der Waals surface area (Å²) >= 11 is 0. The van der Waals surface area contributed by atoms with Crippen LogP contribution in [0.15, 0.2) is 71.2 Å². The van der Waals surface area contributed by atoms with E-state index in [0.717, 1.165) is 17.0 Å². The number of nitrogens with one attached hydrogen (secondary N) is 1. The minimum absolute atomic E-state index is 0. The minimum Gasteiger partial charge on any atom is -0.512 e. The standard InChI is InChI=1S/C17H13N2.C5H8O2.Ir/c1-11-10-18-16-14-8-4-2-6-12(14)13-7-3-5-9-15(13)17(16)19-11;1-4(6)3-5(2)7;/h2-7,9-10,17,19H,1H3;3,6H,1-2H3;/q-1;;/b;4-3-;. The molecule has 2 aromatic rings. The van der Waals surface area contributed by atoms with Crippen LogP contribution in [0.25, 0.3) is 11.1 Å². The number of aliphatic hydroxyl groups excluding tert-OH is 1. The molecule has 0 spiro atoms. The topological polar surface area (TPSA) is 61.7 Å². The van der Waals surface area contributed by atoms with Gasteiger partial charge in [0.1, 0.15) is 0 Å². The molecule has 1 radical (unpaired) electrons. The Morgan fingerprint density at radius 2 is 1.89 bits per heavy atom. The Morgan fingerprint density at radius 3 is 2.56 bits per heavy atom. The number of hydrogen-bond acceptors (Lipinski definition) is 4. The number of ketones is 1. The van der Waals surface area contributed by atoms with E-state index in [9.17, 15) is 4.79 Å². The minimum atomic E-state index is -0.125. The van der Waals surface area contributed by atoms with Gasteiger partial charge in [-0.05, 0) is 32.0 Å². The Morgan fingerprint density at radius 1 is 1.19 bits per heavy atom. The summed E-state index contributed by atoms with van der Waals surface area (Å²) in [4.78, 5) is 14.7. The fourth-order valence-corrected chi connectivity index (χ4v) is 3.17. The van der Waals surface area contributed by atoms with Crippen molar-refractivity contribution >= 4 is 11.5 Å². The number of carbonyl (C=O) groups excluding carboxylic acids is 1. The maximum atomic E-state index is 10.0. The summed E-state index contributed by atoms with van der Waals surface area (Å²) in [7, 11) is 0. The Hall–Kier alpha value is -2.49. The molecule has 1 aliphatic carbocycles. The van der Waals surface area contributed by atoms with E-state index in [1.165, 1.54) is 36.6 Å². The molecule has 5 heteroatoms. The van der Waals surface area contributed by atoms with Gasteiger partial charge in [0.05, 0.1) is 11.8 Å². The number of aliphatic hydroxyl groups is 1. The zero-order valence-corrected chi connectivity index (χ0v) is 17.8. The van der Waals surface area contributed by atoms with Crippen LogP contribution in [0.1, 0.15) is 37.9 Å². The maximum absolute atomic E-state index is 10.0. The maximum Gasteiger partial charge on any atom is 0.155 e. The molecule has 1 unspecified atom stereocenters. The van der Waals surface area contributed by atoms with Gasteiger partial charge in [-0.1, -0.05) is 35.4 Å². The third-order valence-electron chi connectivity index (χ3n) is 4.13. The molecule has 0 saturated heterocycles. The first-order valence-corrected chi connectivity index (χ1v) is 8.46. The van der Waals surface area contributed by atoms with Gasteiger partial charge >= 0.3 is 0 Å². The molecular formula is C22H21IrN2O2-. The second kappa shape index (κ2) is 8.94. The molecule has 1 heterocycles. The Balaban J connectivity index is 0.000000285. The van der Waals surface area contributed by atoms with Crippen LogP contribution in [0.3, 0.4) is 0 Å². The second-order valence-electron chi connectivity index (χ2n) is 6.35. The van der Waals surface area contributed by atoms with Crippen LogP contribution in [-0.2, 0) is 24.9 Å².